The lowest BCUT2D eigenvalue weighted by atomic mass is 9.97. The first-order valence-electron chi connectivity index (χ1n) is 6.47. The molecule has 20 heavy (non-hydrogen) atoms. The Morgan fingerprint density at radius 2 is 1.95 bits per heavy atom. The van der Waals surface area contributed by atoms with Crippen molar-refractivity contribution in [1.82, 2.24) is 15.1 Å². The van der Waals surface area contributed by atoms with Gasteiger partial charge in [-0.1, -0.05) is 0 Å². The standard InChI is InChI=1S/C13H19N3O4/c1-7(17)10-5-8-9(14-15-11(8)18)6-16(10)12(19)20-13(2,3)4/h10H,5-6H2,1-4H3,(H2,14,15,18). The van der Waals surface area contributed by atoms with Crippen molar-refractivity contribution >= 4 is 11.9 Å². The molecule has 2 heterocycles. The predicted molar refractivity (Wildman–Crippen MR) is 71.4 cm³/mol. The summed E-state index contributed by atoms with van der Waals surface area (Å²) in [5.41, 5.74) is 0.281. The minimum Gasteiger partial charge on any atom is -0.444 e. The number of carbonyl (C=O) groups excluding carboxylic acids is 2. The van der Waals surface area contributed by atoms with E-state index in [2.05, 4.69) is 10.2 Å². The highest BCUT2D eigenvalue weighted by molar-refractivity contribution is 5.86. The number of aromatic nitrogens is 2. The zero-order valence-electron chi connectivity index (χ0n) is 12.1. The zero-order chi connectivity index (χ0) is 15.1. The van der Waals surface area contributed by atoms with Gasteiger partial charge in [0.2, 0.25) is 0 Å². The molecule has 0 saturated heterocycles. The number of carbonyl (C=O) groups is 2. The molecule has 7 heteroatoms. The largest absolute Gasteiger partial charge is 0.444 e. The third-order valence-electron chi connectivity index (χ3n) is 3.16. The highest BCUT2D eigenvalue weighted by Gasteiger charge is 2.37. The molecule has 1 aromatic heterocycles. The molecule has 0 fully saturated rings. The fourth-order valence-corrected chi connectivity index (χ4v) is 2.23. The van der Waals surface area contributed by atoms with Gasteiger partial charge in [0.1, 0.15) is 5.60 Å². The maximum atomic E-state index is 12.2. The number of amides is 1. The van der Waals surface area contributed by atoms with Crippen molar-refractivity contribution < 1.29 is 14.3 Å². The minimum absolute atomic E-state index is 0.160. The normalized spacial score (nSPS) is 18.6. The smallest absolute Gasteiger partial charge is 0.411 e. The van der Waals surface area contributed by atoms with Crippen LogP contribution < -0.4 is 5.56 Å². The van der Waals surface area contributed by atoms with Crippen LogP contribution in [-0.2, 0) is 22.5 Å². The van der Waals surface area contributed by atoms with Crippen LogP contribution in [0.1, 0.15) is 39.0 Å². The number of rotatable bonds is 1. The highest BCUT2D eigenvalue weighted by Crippen LogP contribution is 2.22. The topological polar surface area (TPSA) is 95.3 Å². The summed E-state index contributed by atoms with van der Waals surface area (Å²) in [6.45, 7) is 6.87. The third kappa shape index (κ3) is 2.76. The number of hydrogen-bond acceptors (Lipinski definition) is 4. The van der Waals surface area contributed by atoms with Crippen LogP contribution in [0, 0.1) is 0 Å². The number of hydrogen-bond donors (Lipinski definition) is 2. The molecule has 1 aliphatic rings. The van der Waals surface area contributed by atoms with Crippen LogP contribution in [-0.4, -0.2) is 38.6 Å². The minimum atomic E-state index is -0.658. The van der Waals surface area contributed by atoms with Crippen molar-refractivity contribution in [3.63, 3.8) is 0 Å². The Balaban J connectivity index is 2.29. The molecule has 0 spiro atoms. The van der Waals surface area contributed by atoms with Gasteiger partial charge >= 0.3 is 6.09 Å². The van der Waals surface area contributed by atoms with Crippen molar-refractivity contribution in [3.05, 3.63) is 21.6 Å². The Hall–Kier alpha value is -2.05. The number of ketones is 1. The second-order valence-corrected chi connectivity index (χ2v) is 5.98. The Kier molecular flexibility index (Phi) is 3.45. The van der Waals surface area contributed by atoms with Gasteiger partial charge in [-0.3, -0.25) is 19.6 Å². The molecule has 1 aromatic rings. The Morgan fingerprint density at radius 1 is 1.30 bits per heavy atom. The lowest BCUT2D eigenvalue weighted by Gasteiger charge is -2.34. The molecule has 1 amide bonds. The van der Waals surface area contributed by atoms with Gasteiger partial charge in [0.25, 0.3) is 5.56 Å². The van der Waals surface area contributed by atoms with Gasteiger partial charge in [0, 0.05) is 12.0 Å². The number of ether oxygens (including phenoxy) is 1. The Morgan fingerprint density at radius 3 is 2.50 bits per heavy atom. The lowest BCUT2D eigenvalue weighted by molar-refractivity contribution is -0.122. The highest BCUT2D eigenvalue weighted by atomic mass is 16.6. The van der Waals surface area contributed by atoms with Crippen molar-refractivity contribution in [3.8, 4) is 0 Å². The number of H-pyrrole nitrogens is 2. The molecular weight excluding hydrogens is 262 g/mol. The molecule has 2 N–H and O–H groups in total. The molecule has 0 saturated carbocycles. The van der Waals surface area contributed by atoms with Gasteiger partial charge in [-0.05, 0) is 27.7 Å². The first-order valence-corrected chi connectivity index (χ1v) is 6.47. The van der Waals surface area contributed by atoms with E-state index in [1.807, 2.05) is 0 Å². The first kappa shape index (κ1) is 14.4. The van der Waals surface area contributed by atoms with Crippen molar-refractivity contribution in [2.75, 3.05) is 0 Å². The maximum Gasteiger partial charge on any atom is 0.411 e. The number of nitrogens with zero attached hydrogens (tertiary/aromatic N) is 1. The maximum absolute atomic E-state index is 12.2. The van der Waals surface area contributed by atoms with E-state index < -0.39 is 17.7 Å². The van der Waals surface area contributed by atoms with E-state index in [9.17, 15) is 14.4 Å². The summed E-state index contributed by atoms with van der Waals surface area (Å²) in [6.07, 6.45) is -0.340. The quantitative estimate of drug-likeness (QED) is 0.801. The molecule has 1 aliphatic heterocycles. The van der Waals surface area contributed by atoms with E-state index in [0.29, 0.717) is 11.3 Å². The summed E-state index contributed by atoms with van der Waals surface area (Å²) in [6, 6.07) is -0.658. The Labute approximate surface area is 116 Å². The molecular formula is C13H19N3O4. The van der Waals surface area contributed by atoms with E-state index in [1.54, 1.807) is 20.8 Å². The summed E-state index contributed by atoms with van der Waals surface area (Å²) in [4.78, 5) is 36.9. The number of Topliss-reactive ketones (excluding diaryl/α,β-unsaturated/α-hetero) is 1. The van der Waals surface area contributed by atoms with Crippen molar-refractivity contribution in [1.29, 1.82) is 0 Å². The Bertz CT molecular complexity index is 593. The second-order valence-electron chi connectivity index (χ2n) is 5.98. The van der Waals surface area contributed by atoms with Crippen LogP contribution in [0.15, 0.2) is 4.79 Å². The predicted octanol–water partition coefficient (Wildman–Crippen LogP) is 0.954. The van der Waals surface area contributed by atoms with E-state index in [0.717, 1.165) is 0 Å². The number of fused-ring (bicyclic) bond motifs is 1. The van der Waals surface area contributed by atoms with Gasteiger partial charge in [-0.25, -0.2) is 4.79 Å². The van der Waals surface area contributed by atoms with E-state index in [1.165, 1.54) is 11.8 Å². The first-order chi connectivity index (χ1) is 9.19. The van der Waals surface area contributed by atoms with Gasteiger partial charge in [0.15, 0.2) is 5.78 Å². The summed E-state index contributed by atoms with van der Waals surface area (Å²) in [5, 5.41) is 5.21. The number of nitrogens with one attached hydrogen (secondary N) is 2. The third-order valence-corrected chi connectivity index (χ3v) is 3.16. The molecule has 0 aromatic carbocycles. The summed E-state index contributed by atoms with van der Waals surface area (Å²) >= 11 is 0. The van der Waals surface area contributed by atoms with Gasteiger partial charge in [-0.2, -0.15) is 0 Å². The average Bonchev–Trinajstić information content (AvgIpc) is 2.67. The van der Waals surface area contributed by atoms with Crippen LogP contribution in [0.4, 0.5) is 4.79 Å². The fourth-order valence-electron chi connectivity index (χ4n) is 2.23. The van der Waals surface area contributed by atoms with Gasteiger partial charge in [-0.15, -0.1) is 0 Å². The van der Waals surface area contributed by atoms with Gasteiger partial charge in [0.05, 0.1) is 18.3 Å². The monoisotopic (exact) mass is 281 g/mol. The van der Waals surface area contributed by atoms with Crippen molar-refractivity contribution in [2.24, 2.45) is 0 Å². The molecule has 1 atom stereocenters. The molecule has 0 aliphatic carbocycles. The molecule has 0 radical (unpaired) electrons. The van der Waals surface area contributed by atoms with Crippen LogP contribution in [0.25, 0.3) is 0 Å². The fraction of sp³-hybridized carbons (Fsp3) is 0.615. The van der Waals surface area contributed by atoms with Crippen LogP contribution in [0.5, 0.6) is 0 Å². The van der Waals surface area contributed by atoms with Crippen molar-refractivity contribution in [2.45, 2.75) is 52.3 Å². The molecule has 0 bridgehead atoms. The van der Waals surface area contributed by atoms with Crippen LogP contribution >= 0.6 is 0 Å². The average molecular weight is 281 g/mol. The zero-order valence-corrected chi connectivity index (χ0v) is 12.1. The SMILES string of the molecule is CC(=O)C1Cc2c([nH][nH]c2=O)CN1C(=O)OC(C)(C)C. The second kappa shape index (κ2) is 4.81. The molecule has 110 valence electrons. The molecule has 7 nitrogen and oxygen atoms in total. The molecule has 2 rings (SSSR count). The lowest BCUT2D eigenvalue weighted by Crippen LogP contribution is -2.50. The van der Waals surface area contributed by atoms with Crippen LogP contribution in [0.3, 0.4) is 0 Å². The van der Waals surface area contributed by atoms with E-state index >= 15 is 0 Å². The summed E-state index contributed by atoms with van der Waals surface area (Å²) in [7, 11) is 0. The van der Waals surface area contributed by atoms with Gasteiger partial charge < -0.3 is 9.84 Å². The van der Waals surface area contributed by atoms with Crippen LogP contribution in [0.2, 0.25) is 0 Å². The number of aromatic amines is 2. The van der Waals surface area contributed by atoms with E-state index in [-0.39, 0.29) is 24.3 Å². The van der Waals surface area contributed by atoms with E-state index in [4.69, 9.17) is 4.74 Å². The molecule has 1 unspecified atom stereocenters. The summed E-state index contributed by atoms with van der Waals surface area (Å²) < 4.78 is 5.31. The summed E-state index contributed by atoms with van der Waals surface area (Å²) in [5.74, 6) is -0.165.